The Morgan fingerprint density at radius 2 is 2.19 bits per heavy atom. The predicted molar refractivity (Wildman–Crippen MR) is 111 cm³/mol. The molecular weight excluding hydrogens is 368 g/mol. The molecule has 1 saturated heterocycles. The Balaban J connectivity index is 1.54. The number of fused-ring (bicyclic) bond motifs is 1. The number of sulfonamides is 1. The molecule has 1 aromatic rings. The van der Waals surface area contributed by atoms with E-state index in [1.807, 2.05) is 43.0 Å². The molecule has 0 aromatic heterocycles. The van der Waals surface area contributed by atoms with Crippen molar-refractivity contribution in [3.05, 3.63) is 29.8 Å². The molecule has 1 atom stereocenters. The molecule has 3 rings (SSSR count). The van der Waals surface area contributed by atoms with E-state index >= 15 is 0 Å². The maximum absolute atomic E-state index is 12.7. The van der Waals surface area contributed by atoms with E-state index in [9.17, 15) is 8.42 Å². The number of hydrogen-bond donors (Lipinski definition) is 2. The molecule has 0 spiro atoms. The second kappa shape index (κ2) is 8.99. The number of thioether (sulfide) groups is 1. The van der Waals surface area contributed by atoms with Crippen LogP contribution in [0.1, 0.15) is 25.3 Å². The molecule has 0 aliphatic carbocycles. The van der Waals surface area contributed by atoms with E-state index < -0.39 is 10.0 Å². The first-order valence-electron chi connectivity index (χ1n) is 9.32. The quantitative estimate of drug-likeness (QED) is 0.543. The maximum Gasteiger partial charge on any atom is 0.236 e. The van der Waals surface area contributed by atoms with Crippen LogP contribution in [0.15, 0.2) is 29.3 Å². The smallest absolute Gasteiger partial charge is 0.236 e. The second-order valence-electron chi connectivity index (χ2n) is 6.55. The van der Waals surface area contributed by atoms with Gasteiger partial charge in [0.1, 0.15) is 0 Å². The highest BCUT2D eigenvalue weighted by atomic mass is 32.2. The van der Waals surface area contributed by atoms with Gasteiger partial charge in [-0.3, -0.25) is 9.30 Å². The molecule has 8 heteroatoms. The average Bonchev–Trinajstić information content (AvgIpc) is 3.29. The molecule has 2 N–H and O–H groups in total. The highest BCUT2D eigenvalue weighted by Gasteiger charge is 2.28. The van der Waals surface area contributed by atoms with Gasteiger partial charge in [-0.15, -0.1) is 0 Å². The Morgan fingerprint density at radius 3 is 2.96 bits per heavy atom. The van der Waals surface area contributed by atoms with Crippen molar-refractivity contribution in [1.29, 1.82) is 0 Å². The molecule has 1 fully saturated rings. The van der Waals surface area contributed by atoms with Crippen LogP contribution in [0.25, 0.3) is 0 Å². The lowest BCUT2D eigenvalue weighted by molar-refractivity contribution is 0.591. The van der Waals surface area contributed by atoms with Gasteiger partial charge >= 0.3 is 0 Å². The van der Waals surface area contributed by atoms with Gasteiger partial charge in [0.15, 0.2) is 5.96 Å². The highest BCUT2D eigenvalue weighted by molar-refractivity contribution is 8.00. The summed E-state index contributed by atoms with van der Waals surface area (Å²) in [4.78, 5) is 4.61. The number of hydrogen-bond acceptors (Lipinski definition) is 4. The minimum absolute atomic E-state index is 0.0595. The minimum atomic E-state index is -3.33. The fourth-order valence-electron chi connectivity index (χ4n) is 3.33. The van der Waals surface area contributed by atoms with Crippen molar-refractivity contribution in [3.8, 4) is 0 Å². The number of guanidine groups is 1. The Bertz CT molecular complexity index is 730. The molecule has 0 amide bonds. The highest BCUT2D eigenvalue weighted by Crippen LogP contribution is 2.29. The number of aliphatic imine (C=N–C) groups is 1. The zero-order valence-electron chi connectivity index (χ0n) is 15.3. The summed E-state index contributed by atoms with van der Waals surface area (Å²) in [7, 11) is -3.33. The van der Waals surface area contributed by atoms with E-state index in [2.05, 4.69) is 15.6 Å². The molecule has 1 aromatic carbocycles. The van der Waals surface area contributed by atoms with Crippen molar-refractivity contribution in [2.75, 3.05) is 42.0 Å². The summed E-state index contributed by atoms with van der Waals surface area (Å²) < 4.78 is 27.0. The summed E-state index contributed by atoms with van der Waals surface area (Å²) >= 11 is 1.98. The van der Waals surface area contributed by atoms with Crippen LogP contribution >= 0.6 is 11.8 Å². The SMILES string of the molecule is CCNC(=NCC1CCCS1)NCCS(=O)(=O)N1CCc2ccccc21. The van der Waals surface area contributed by atoms with Crippen molar-refractivity contribution in [2.45, 2.75) is 31.4 Å². The molecule has 1 unspecified atom stereocenters. The Kier molecular flexibility index (Phi) is 6.69. The minimum Gasteiger partial charge on any atom is -0.357 e. The third-order valence-corrected chi connectivity index (χ3v) is 7.81. The summed E-state index contributed by atoms with van der Waals surface area (Å²) in [5.74, 6) is 1.99. The number of nitrogens with one attached hydrogen (secondary N) is 2. The van der Waals surface area contributed by atoms with Gasteiger partial charge in [0, 0.05) is 24.9 Å². The van der Waals surface area contributed by atoms with Gasteiger partial charge in [-0.1, -0.05) is 18.2 Å². The van der Waals surface area contributed by atoms with Crippen molar-refractivity contribution in [3.63, 3.8) is 0 Å². The fourth-order valence-corrected chi connectivity index (χ4v) is 5.94. The monoisotopic (exact) mass is 396 g/mol. The van der Waals surface area contributed by atoms with Crippen molar-refractivity contribution >= 4 is 33.4 Å². The molecule has 144 valence electrons. The molecule has 2 heterocycles. The van der Waals surface area contributed by atoms with Gasteiger partial charge in [-0.2, -0.15) is 11.8 Å². The van der Waals surface area contributed by atoms with E-state index in [4.69, 9.17) is 0 Å². The number of nitrogens with zero attached hydrogens (tertiary/aromatic N) is 2. The van der Waals surface area contributed by atoms with E-state index in [-0.39, 0.29) is 5.75 Å². The lowest BCUT2D eigenvalue weighted by Gasteiger charge is -2.20. The molecule has 0 saturated carbocycles. The van der Waals surface area contributed by atoms with Crippen molar-refractivity contribution in [1.82, 2.24) is 10.6 Å². The van der Waals surface area contributed by atoms with Gasteiger partial charge in [0.05, 0.1) is 18.0 Å². The summed E-state index contributed by atoms with van der Waals surface area (Å²) in [6, 6.07) is 7.73. The van der Waals surface area contributed by atoms with Crippen molar-refractivity contribution in [2.24, 2.45) is 4.99 Å². The number of para-hydroxylation sites is 1. The summed E-state index contributed by atoms with van der Waals surface area (Å²) in [5, 5.41) is 6.96. The third-order valence-electron chi connectivity index (χ3n) is 4.65. The zero-order chi connectivity index (χ0) is 18.4. The van der Waals surface area contributed by atoms with Crippen molar-refractivity contribution < 1.29 is 8.42 Å². The number of rotatable bonds is 7. The zero-order valence-corrected chi connectivity index (χ0v) is 16.9. The maximum atomic E-state index is 12.7. The topological polar surface area (TPSA) is 73.8 Å². The van der Waals surface area contributed by atoms with E-state index in [0.717, 1.165) is 30.8 Å². The van der Waals surface area contributed by atoms with E-state index in [1.165, 1.54) is 18.6 Å². The first-order chi connectivity index (χ1) is 12.6. The van der Waals surface area contributed by atoms with E-state index in [1.54, 1.807) is 4.31 Å². The largest absolute Gasteiger partial charge is 0.357 e. The molecule has 2 aliphatic heterocycles. The number of anilines is 1. The standard InChI is InChI=1S/C18H28N4O2S2/c1-2-19-18(21-14-16-7-5-12-25-16)20-10-13-26(23,24)22-11-9-15-6-3-4-8-17(15)22/h3-4,6,8,16H,2,5,7,9-14H2,1H3,(H2,19,20,21). The molecule has 2 aliphatic rings. The predicted octanol–water partition coefficient (Wildman–Crippen LogP) is 1.83. The van der Waals surface area contributed by atoms with Gasteiger partial charge in [0.2, 0.25) is 10.0 Å². The van der Waals surface area contributed by atoms with Crippen LogP contribution in [0.5, 0.6) is 0 Å². The summed E-state index contributed by atoms with van der Waals surface area (Å²) in [5.41, 5.74) is 1.93. The Hall–Kier alpha value is -1.41. The number of benzene rings is 1. The average molecular weight is 397 g/mol. The summed E-state index contributed by atoms with van der Waals surface area (Å²) in [6.45, 7) is 4.45. The lowest BCUT2D eigenvalue weighted by Crippen LogP contribution is -2.42. The van der Waals surface area contributed by atoms with Gasteiger partial charge in [0.25, 0.3) is 0 Å². The van der Waals surface area contributed by atoms with Crippen LogP contribution in [-0.2, 0) is 16.4 Å². The van der Waals surface area contributed by atoms with Crippen LogP contribution in [0.3, 0.4) is 0 Å². The summed E-state index contributed by atoms with van der Waals surface area (Å²) in [6.07, 6.45) is 3.27. The fraction of sp³-hybridized carbons (Fsp3) is 0.611. The molecular formula is C18H28N4O2S2. The lowest BCUT2D eigenvalue weighted by atomic mass is 10.2. The van der Waals surface area contributed by atoms with Crippen LogP contribution in [0.4, 0.5) is 5.69 Å². The van der Waals surface area contributed by atoms with Gasteiger partial charge in [-0.25, -0.2) is 8.42 Å². The Labute approximate surface area is 160 Å². The van der Waals surface area contributed by atoms with Crippen LogP contribution in [-0.4, -0.2) is 57.3 Å². The Morgan fingerprint density at radius 1 is 1.35 bits per heavy atom. The van der Waals surface area contributed by atoms with Gasteiger partial charge in [-0.05, 0) is 43.6 Å². The normalized spacial score (nSPS) is 20.3. The molecule has 6 nitrogen and oxygen atoms in total. The van der Waals surface area contributed by atoms with Crippen LogP contribution < -0.4 is 14.9 Å². The molecule has 26 heavy (non-hydrogen) atoms. The molecule has 0 bridgehead atoms. The first-order valence-corrected chi connectivity index (χ1v) is 12.0. The third kappa shape index (κ3) is 4.85. The van der Waals surface area contributed by atoms with Crippen LogP contribution in [0, 0.1) is 0 Å². The molecule has 0 radical (unpaired) electrons. The van der Waals surface area contributed by atoms with Gasteiger partial charge < -0.3 is 10.6 Å². The van der Waals surface area contributed by atoms with Crippen LogP contribution in [0.2, 0.25) is 0 Å². The second-order valence-corrected chi connectivity index (χ2v) is 9.97. The first kappa shape index (κ1) is 19.4. The van der Waals surface area contributed by atoms with E-state index in [0.29, 0.717) is 24.3 Å².